The number of nitrogens with one attached hydrogen (secondary N) is 1. The fourth-order valence-electron chi connectivity index (χ4n) is 2.04. The molecule has 0 fully saturated rings. The molecule has 0 aliphatic heterocycles. The number of hydrogen-bond donors (Lipinski definition) is 2. The SMILES string of the molecule is CC(CCc1ccc(O)cc1)NCc1ccc(Cl)cc1. The van der Waals surface area contributed by atoms with Gasteiger partial charge in [-0.05, 0) is 55.2 Å². The van der Waals surface area contributed by atoms with Gasteiger partial charge in [-0.3, -0.25) is 0 Å². The molecule has 1 atom stereocenters. The van der Waals surface area contributed by atoms with E-state index in [4.69, 9.17) is 11.6 Å². The zero-order valence-electron chi connectivity index (χ0n) is 11.6. The Labute approximate surface area is 125 Å². The highest BCUT2D eigenvalue weighted by molar-refractivity contribution is 6.30. The van der Waals surface area contributed by atoms with Gasteiger partial charge in [0.25, 0.3) is 0 Å². The monoisotopic (exact) mass is 289 g/mol. The van der Waals surface area contributed by atoms with Crippen LogP contribution in [-0.4, -0.2) is 11.1 Å². The first-order valence-electron chi connectivity index (χ1n) is 6.89. The summed E-state index contributed by atoms with van der Waals surface area (Å²) in [5, 5.41) is 13.5. The van der Waals surface area contributed by atoms with Gasteiger partial charge in [0.2, 0.25) is 0 Å². The maximum Gasteiger partial charge on any atom is 0.115 e. The Morgan fingerprint density at radius 3 is 2.25 bits per heavy atom. The topological polar surface area (TPSA) is 32.3 Å². The predicted molar refractivity (Wildman–Crippen MR) is 84.2 cm³/mol. The highest BCUT2D eigenvalue weighted by Gasteiger charge is 2.03. The first-order chi connectivity index (χ1) is 9.63. The normalized spacial score (nSPS) is 12.3. The van der Waals surface area contributed by atoms with Gasteiger partial charge in [-0.25, -0.2) is 0 Å². The van der Waals surface area contributed by atoms with Crippen molar-refractivity contribution in [2.45, 2.75) is 32.4 Å². The summed E-state index contributed by atoms with van der Waals surface area (Å²) in [6, 6.07) is 15.8. The van der Waals surface area contributed by atoms with Gasteiger partial charge in [0.15, 0.2) is 0 Å². The molecule has 0 radical (unpaired) electrons. The van der Waals surface area contributed by atoms with E-state index in [-0.39, 0.29) is 0 Å². The first-order valence-corrected chi connectivity index (χ1v) is 7.27. The molecular formula is C17H20ClNO. The largest absolute Gasteiger partial charge is 0.508 e. The molecule has 0 heterocycles. The minimum atomic E-state index is 0.322. The molecule has 106 valence electrons. The Morgan fingerprint density at radius 1 is 1.00 bits per heavy atom. The van der Waals surface area contributed by atoms with Crippen molar-refractivity contribution in [1.82, 2.24) is 5.32 Å². The van der Waals surface area contributed by atoms with Crippen LogP contribution in [0.3, 0.4) is 0 Å². The van der Waals surface area contributed by atoms with E-state index in [1.807, 2.05) is 36.4 Å². The van der Waals surface area contributed by atoms with Crippen LogP contribution in [0.2, 0.25) is 5.02 Å². The summed E-state index contributed by atoms with van der Waals surface area (Å²) in [7, 11) is 0. The van der Waals surface area contributed by atoms with Crippen LogP contribution in [0.25, 0.3) is 0 Å². The minimum absolute atomic E-state index is 0.322. The van der Waals surface area contributed by atoms with Gasteiger partial charge in [0, 0.05) is 17.6 Å². The molecule has 2 rings (SSSR count). The molecule has 1 unspecified atom stereocenters. The zero-order valence-corrected chi connectivity index (χ0v) is 12.4. The van der Waals surface area contributed by atoms with Crippen molar-refractivity contribution in [3.8, 4) is 5.75 Å². The van der Waals surface area contributed by atoms with Crippen LogP contribution >= 0.6 is 11.6 Å². The molecule has 0 bridgehead atoms. The third kappa shape index (κ3) is 4.87. The molecule has 2 nitrogen and oxygen atoms in total. The van der Waals surface area contributed by atoms with E-state index in [1.165, 1.54) is 11.1 Å². The van der Waals surface area contributed by atoms with Crippen LogP contribution in [0, 0.1) is 0 Å². The molecule has 0 aromatic heterocycles. The molecule has 0 saturated carbocycles. The van der Waals surface area contributed by atoms with Gasteiger partial charge in [0.1, 0.15) is 5.75 Å². The summed E-state index contributed by atoms with van der Waals surface area (Å²) in [4.78, 5) is 0. The van der Waals surface area contributed by atoms with E-state index in [0.29, 0.717) is 11.8 Å². The van der Waals surface area contributed by atoms with E-state index in [2.05, 4.69) is 12.2 Å². The lowest BCUT2D eigenvalue weighted by Crippen LogP contribution is -2.25. The molecular weight excluding hydrogens is 270 g/mol. The van der Waals surface area contributed by atoms with Crippen molar-refractivity contribution in [3.63, 3.8) is 0 Å². The summed E-state index contributed by atoms with van der Waals surface area (Å²) in [5.74, 6) is 0.322. The van der Waals surface area contributed by atoms with Gasteiger partial charge >= 0.3 is 0 Å². The van der Waals surface area contributed by atoms with Gasteiger partial charge < -0.3 is 10.4 Å². The fourth-order valence-corrected chi connectivity index (χ4v) is 2.17. The van der Waals surface area contributed by atoms with Crippen LogP contribution in [0.1, 0.15) is 24.5 Å². The number of aryl methyl sites for hydroxylation is 1. The number of hydrogen-bond acceptors (Lipinski definition) is 2. The zero-order chi connectivity index (χ0) is 14.4. The Hall–Kier alpha value is -1.51. The molecule has 20 heavy (non-hydrogen) atoms. The third-order valence-electron chi connectivity index (χ3n) is 3.37. The Morgan fingerprint density at radius 2 is 1.60 bits per heavy atom. The standard InChI is InChI=1S/C17H20ClNO/c1-13(2-3-14-6-10-17(20)11-7-14)19-12-15-4-8-16(18)9-5-15/h4-11,13,19-20H,2-3,12H2,1H3. The minimum Gasteiger partial charge on any atom is -0.508 e. The maximum absolute atomic E-state index is 9.24. The molecule has 0 spiro atoms. The number of phenols is 1. The van der Waals surface area contributed by atoms with Crippen molar-refractivity contribution in [2.24, 2.45) is 0 Å². The van der Waals surface area contributed by atoms with Gasteiger partial charge in [0.05, 0.1) is 0 Å². The highest BCUT2D eigenvalue weighted by Crippen LogP contribution is 2.12. The predicted octanol–water partition coefficient (Wildman–Crippen LogP) is 4.16. The van der Waals surface area contributed by atoms with Crippen LogP contribution in [0.5, 0.6) is 5.75 Å². The van der Waals surface area contributed by atoms with Crippen molar-refractivity contribution in [1.29, 1.82) is 0 Å². The second-order valence-corrected chi connectivity index (χ2v) is 5.55. The highest BCUT2D eigenvalue weighted by atomic mass is 35.5. The number of rotatable bonds is 6. The van der Waals surface area contributed by atoms with Gasteiger partial charge in [-0.1, -0.05) is 35.9 Å². The van der Waals surface area contributed by atoms with Crippen LogP contribution in [-0.2, 0) is 13.0 Å². The molecule has 2 aromatic rings. The third-order valence-corrected chi connectivity index (χ3v) is 3.62. The number of halogens is 1. The van der Waals surface area contributed by atoms with Gasteiger partial charge in [-0.2, -0.15) is 0 Å². The molecule has 0 amide bonds. The summed E-state index contributed by atoms with van der Waals surface area (Å²) < 4.78 is 0. The van der Waals surface area contributed by atoms with E-state index in [9.17, 15) is 5.11 Å². The lowest BCUT2D eigenvalue weighted by Gasteiger charge is -2.14. The Bertz CT molecular complexity index is 472. The number of aromatic hydroxyl groups is 1. The summed E-state index contributed by atoms with van der Waals surface area (Å²) in [6.45, 7) is 3.05. The summed E-state index contributed by atoms with van der Waals surface area (Å²) >= 11 is 5.86. The Balaban J connectivity index is 1.73. The van der Waals surface area contributed by atoms with Crippen molar-refractivity contribution >= 4 is 11.6 Å². The average molecular weight is 290 g/mol. The maximum atomic E-state index is 9.24. The lowest BCUT2D eigenvalue weighted by atomic mass is 10.1. The fraction of sp³-hybridized carbons (Fsp3) is 0.294. The molecule has 0 aliphatic rings. The second-order valence-electron chi connectivity index (χ2n) is 5.11. The summed E-state index contributed by atoms with van der Waals surface area (Å²) in [6.07, 6.45) is 2.08. The molecule has 2 N–H and O–H groups in total. The van der Waals surface area contributed by atoms with E-state index in [1.54, 1.807) is 12.1 Å². The second kappa shape index (κ2) is 7.32. The molecule has 2 aromatic carbocycles. The van der Waals surface area contributed by atoms with Crippen molar-refractivity contribution < 1.29 is 5.11 Å². The molecule has 0 saturated heterocycles. The average Bonchev–Trinajstić information content (AvgIpc) is 2.46. The lowest BCUT2D eigenvalue weighted by molar-refractivity contribution is 0.474. The van der Waals surface area contributed by atoms with Crippen molar-refractivity contribution in [3.05, 3.63) is 64.7 Å². The van der Waals surface area contributed by atoms with E-state index < -0.39 is 0 Å². The number of benzene rings is 2. The van der Waals surface area contributed by atoms with Crippen LogP contribution in [0.15, 0.2) is 48.5 Å². The smallest absolute Gasteiger partial charge is 0.115 e. The first kappa shape index (κ1) is 14.9. The quantitative estimate of drug-likeness (QED) is 0.837. The van der Waals surface area contributed by atoms with Gasteiger partial charge in [-0.15, -0.1) is 0 Å². The van der Waals surface area contributed by atoms with E-state index in [0.717, 1.165) is 24.4 Å². The molecule has 0 aliphatic carbocycles. The van der Waals surface area contributed by atoms with E-state index >= 15 is 0 Å². The van der Waals surface area contributed by atoms with Crippen LogP contribution in [0.4, 0.5) is 0 Å². The van der Waals surface area contributed by atoms with Crippen molar-refractivity contribution in [2.75, 3.05) is 0 Å². The summed E-state index contributed by atoms with van der Waals surface area (Å²) in [5.41, 5.74) is 2.49. The molecule has 3 heteroatoms. The Kier molecular flexibility index (Phi) is 5.45. The van der Waals surface area contributed by atoms with Crippen LogP contribution < -0.4 is 5.32 Å². The number of phenolic OH excluding ortho intramolecular Hbond substituents is 1.